The molecule has 0 saturated heterocycles. The molecule has 3 N–H and O–H groups in total. The lowest BCUT2D eigenvalue weighted by Crippen LogP contribution is -2.26. The van der Waals surface area contributed by atoms with Gasteiger partial charge in [-0.15, -0.1) is 0 Å². The van der Waals surface area contributed by atoms with Crippen molar-refractivity contribution in [1.29, 1.82) is 0 Å². The van der Waals surface area contributed by atoms with Gasteiger partial charge in [-0.1, -0.05) is 11.6 Å². The Morgan fingerprint density at radius 2 is 2.00 bits per heavy atom. The number of benzene rings is 1. The Morgan fingerprint density at radius 1 is 1.29 bits per heavy atom. The lowest BCUT2D eigenvalue weighted by Gasteiger charge is -2.17. The predicted molar refractivity (Wildman–Crippen MR) is 93.1 cm³/mol. The second kappa shape index (κ2) is 7.17. The van der Waals surface area contributed by atoms with Crippen LogP contribution in [0.3, 0.4) is 0 Å². The van der Waals surface area contributed by atoms with Crippen molar-refractivity contribution in [3.8, 4) is 5.75 Å². The van der Waals surface area contributed by atoms with Crippen molar-refractivity contribution in [1.82, 2.24) is 15.0 Å². The van der Waals surface area contributed by atoms with E-state index in [1.807, 2.05) is 26.0 Å². The van der Waals surface area contributed by atoms with Gasteiger partial charge in [0.25, 0.3) is 0 Å². The van der Waals surface area contributed by atoms with E-state index in [9.17, 15) is 4.39 Å². The quantitative estimate of drug-likeness (QED) is 0.826. The van der Waals surface area contributed by atoms with Crippen molar-refractivity contribution < 1.29 is 9.13 Å². The molecule has 1 unspecified atom stereocenters. The summed E-state index contributed by atoms with van der Waals surface area (Å²) in [4.78, 5) is 11.9. The van der Waals surface area contributed by atoms with E-state index in [0.29, 0.717) is 17.4 Å². The molecule has 0 amide bonds. The fourth-order valence-corrected chi connectivity index (χ4v) is 2.27. The van der Waals surface area contributed by atoms with Gasteiger partial charge in [-0.3, -0.25) is 0 Å². The van der Waals surface area contributed by atoms with E-state index in [0.717, 1.165) is 5.56 Å². The summed E-state index contributed by atoms with van der Waals surface area (Å²) in [6.45, 7) is 6.89. The number of nitrogens with zero attached hydrogens (tertiary/aromatic N) is 3. The van der Waals surface area contributed by atoms with Gasteiger partial charge < -0.3 is 15.8 Å². The monoisotopic (exact) mass is 353 g/mol. The van der Waals surface area contributed by atoms with E-state index in [1.54, 1.807) is 6.07 Å². The van der Waals surface area contributed by atoms with Crippen LogP contribution in [0.4, 0.5) is 16.3 Å². The minimum Gasteiger partial charge on any atom is -0.491 e. The molecule has 0 aliphatic heterocycles. The SMILES string of the molecule is Cc1cc(Cl)cc(OCC(C)Nc2nc(N)nc(C(C)(C)F)n2)c1. The fraction of sp³-hybridized carbons (Fsp3) is 0.438. The van der Waals surface area contributed by atoms with E-state index in [2.05, 4.69) is 20.3 Å². The van der Waals surface area contributed by atoms with Gasteiger partial charge in [0, 0.05) is 5.02 Å². The summed E-state index contributed by atoms with van der Waals surface area (Å²) in [5, 5.41) is 3.64. The molecule has 130 valence electrons. The number of ether oxygens (including phenoxy) is 1. The molecule has 1 aromatic heterocycles. The predicted octanol–water partition coefficient (Wildman–Crippen LogP) is 3.50. The number of alkyl halides is 1. The molecule has 0 bridgehead atoms. The standard InChI is InChI=1S/C16H21ClFN5O/c1-9-5-11(17)7-12(6-9)24-8-10(2)20-15-22-13(16(3,4)18)21-14(19)23-15/h5-7,10H,8H2,1-4H3,(H3,19,20,21,22,23). The third-order valence-electron chi connectivity index (χ3n) is 3.08. The minimum atomic E-state index is -1.70. The highest BCUT2D eigenvalue weighted by atomic mass is 35.5. The van der Waals surface area contributed by atoms with Crippen molar-refractivity contribution in [2.75, 3.05) is 17.7 Å². The maximum atomic E-state index is 14.0. The topological polar surface area (TPSA) is 86.0 Å². The van der Waals surface area contributed by atoms with Crippen LogP contribution in [0.1, 0.15) is 32.2 Å². The molecule has 0 fully saturated rings. The van der Waals surface area contributed by atoms with Gasteiger partial charge in [0.05, 0.1) is 6.04 Å². The summed E-state index contributed by atoms with van der Waals surface area (Å²) in [7, 11) is 0. The Balaban J connectivity index is 2.02. The molecular weight excluding hydrogens is 333 g/mol. The summed E-state index contributed by atoms with van der Waals surface area (Å²) in [6, 6.07) is 5.35. The Labute approximate surface area is 145 Å². The first kappa shape index (κ1) is 18.2. The van der Waals surface area contributed by atoms with Gasteiger partial charge in [-0.05, 0) is 51.5 Å². The maximum Gasteiger partial charge on any atom is 0.228 e. The molecule has 0 radical (unpaired) electrons. The average Bonchev–Trinajstić information content (AvgIpc) is 2.42. The third-order valence-corrected chi connectivity index (χ3v) is 3.29. The minimum absolute atomic E-state index is 0.0175. The second-order valence-electron chi connectivity index (χ2n) is 6.13. The smallest absolute Gasteiger partial charge is 0.228 e. The molecule has 1 heterocycles. The zero-order chi connectivity index (χ0) is 17.9. The van der Waals surface area contributed by atoms with E-state index >= 15 is 0 Å². The van der Waals surface area contributed by atoms with Gasteiger partial charge in [0.2, 0.25) is 11.9 Å². The van der Waals surface area contributed by atoms with Gasteiger partial charge >= 0.3 is 0 Å². The molecule has 1 atom stereocenters. The summed E-state index contributed by atoms with van der Waals surface area (Å²) >= 11 is 6.00. The van der Waals surface area contributed by atoms with Gasteiger partial charge in [0.15, 0.2) is 11.5 Å². The molecule has 2 aromatic rings. The highest BCUT2D eigenvalue weighted by molar-refractivity contribution is 6.30. The Hall–Kier alpha value is -2.15. The normalized spacial score (nSPS) is 12.8. The number of aryl methyl sites for hydroxylation is 1. The molecule has 1 aromatic carbocycles. The number of anilines is 2. The van der Waals surface area contributed by atoms with Gasteiger partial charge in [-0.2, -0.15) is 15.0 Å². The Bertz CT molecular complexity index is 700. The number of nitrogens with one attached hydrogen (secondary N) is 1. The van der Waals surface area contributed by atoms with Crippen molar-refractivity contribution >= 4 is 23.5 Å². The number of aromatic nitrogens is 3. The summed E-state index contributed by atoms with van der Waals surface area (Å²) in [5.74, 6) is 0.832. The third kappa shape index (κ3) is 5.19. The van der Waals surface area contributed by atoms with Crippen LogP contribution in [-0.2, 0) is 5.67 Å². The van der Waals surface area contributed by atoms with Crippen LogP contribution < -0.4 is 15.8 Å². The highest BCUT2D eigenvalue weighted by Gasteiger charge is 2.24. The summed E-state index contributed by atoms with van der Waals surface area (Å²) < 4.78 is 19.7. The van der Waals surface area contributed by atoms with Crippen molar-refractivity contribution in [3.63, 3.8) is 0 Å². The number of hydrogen-bond acceptors (Lipinski definition) is 6. The summed E-state index contributed by atoms with van der Waals surface area (Å²) in [6.07, 6.45) is 0. The van der Waals surface area contributed by atoms with Crippen LogP contribution in [0.15, 0.2) is 18.2 Å². The van der Waals surface area contributed by atoms with Gasteiger partial charge in [-0.25, -0.2) is 4.39 Å². The molecule has 2 rings (SSSR count). The molecule has 8 heteroatoms. The highest BCUT2D eigenvalue weighted by Crippen LogP contribution is 2.23. The fourth-order valence-electron chi connectivity index (χ4n) is 1.99. The lowest BCUT2D eigenvalue weighted by atomic mass is 10.1. The van der Waals surface area contributed by atoms with E-state index in [1.165, 1.54) is 13.8 Å². The molecule has 0 saturated carbocycles. The lowest BCUT2D eigenvalue weighted by molar-refractivity contribution is 0.206. The van der Waals surface area contributed by atoms with Crippen LogP contribution in [0, 0.1) is 6.92 Å². The largest absolute Gasteiger partial charge is 0.491 e. The first-order chi connectivity index (χ1) is 11.1. The van der Waals surface area contributed by atoms with E-state index < -0.39 is 5.67 Å². The van der Waals surface area contributed by atoms with E-state index in [4.69, 9.17) is 22.1 Å². The van der Waals surface area contributed by atoms with Gasteiger partial charge in [0.1, 0.15) is 12.4 Å². The molecule has 6 nitrogen and oxygen atoms in total. The van der Waals surface area contributed by atoms with Crippen LogP contribution in [0.25, 0.3) is 0 Å². The second-order valence-corrected chi connectivity index (χ2v) is 6.57. The Morgan fingerprint density at radius 3 is 2.62 bits per heavy atom. The Kier molecular flexibility index (Phi) is 5.43. The zero-order valence-electron chi connectivity index (χ0n) is 14.1. The van der Waals surface area contributed by atoms with E-state index in [-0.39, 0.29) is 23.8 Å². The molecule has 0 aliphatic carbocycles. The van der Waals surface area contributed by atoms with Crippen molar-refractivity contribution in [2.24, 2.45) is 0 Å². The molecular formula is C16H21ClFN5O. The number of halogens is 2. The number of nitrogen functional groups attached to an aromatic ring is 1. The summed E-state index contributed by atoms with van der Waals surface area (Å²) in [5.41, 5.74) is 4.92. The van der Waals surface area contributed by atoms with Crippen molar-refractivity contribution in [2.45, 2.75) is 39.4 Å². The van der Waals surface area contributed by atoms with Crippen LogP contribution in [0.2, 0.25) is 5.02 Å². The maximum absolute atomic E-state index is 14.0. The molecule has 0 aliphatic rings. The first-order valence-electron chi connectivity index (χ1n) is 7.51. The van der Waals surface area contributed by atoms with Crippen LogP contribution >= 0.6 is 11.6 Å². The first-order valence-corrected chi connectivity index (χ1v) is 7.89. The molecule has 24 heavy (non-hydrogen) atoms. The van der Waals surface area contributed by atoms with Crippen LogP contribution in [-0.4, -0.2) is 27.6 Å². The number of rotatable bonds is 6. The number of hydrogen-bond donors (Lipinski definition) is 2. The number of nitrogens with two attached hydrogens (primary N) is 1. The molecule has 0 spiro atoms. The average molecular weight is 354 g/mol. The van der Waals surface area contributed by atoms with Crippen molar-refractivity contribution in [3.05, 3.63) is 34.6 Å². The zero-order valence-corrected chi connectivity index (χ0v) is 14.9. The van der Waals surface area contributed by atoms with Crippen LogP contribution in [0.5, 0.6) is 5.75 Å².